The van der Waals surface area contributed by atoms with Crippen LogP contribution in [0.2, 0.25) is 0 Å². The van der Waals surface area contributed by atoms with E-state index in [-0.39, 0.29) is 27.4 Å². The molecule has 0 saturated heterocycles. The highest BCUT2D eigenvalue weighted by atomic mass is 16.3. The van der Waals surface area contributed by atoms with Gasteiger partial charge in [0.25, 0.3) is 0 Å². The second-order valence-corrected chi connectivity index (χ2v) is 13.1. The zero-order chi connectivity index (χ0) is 47.4. The van der Waals surface area contributed by atoms with Crippen LogP contribution in [0.15, 0.2) is 198 Å². The molecule has 0 fully saturated rings. The van der Waals surface area contributed by atoms with Gasteiger partial charge in [0.15, 0.2) is 17.5 Å². The van der Waals surface area contributed by atoms with Crippen molar-refractivity contribution >= 4 is 43.7 Å². The van der Waals surface area contributed by atoms with E-state index in [1.54, 1.807) is 18.2 Å². The summed E-state index contributed by atoms with van der Waals surface area (Å²) < 4.78 is 113. The minimum atomic E-state index is -0.688. The van der Waals surface area contributed by atoms with Crippen molar-refractivity contribution in [3.8, 4) is 62.1 Å². The first-order valence-electron chi connectivity index (χ1n) is 23.8. The average Bonchev–Trinajstić information content (AvgIpc) is 3.92. The third-order valence-corrected chi connectivity index (χ3v) is 9.86. The fraction of sp³-hybridized carbons (Fsp3) is 0. The van der Waals surface area contributed by atoms with Gasteiger partial charge in [-0.25, -0.2) is 15.0 Å². The molecule has 0 N–H and O–H groups in total. The largest absolute Gasteiger partial charge is 0.456 e. The lowest BCUT2D eigenvalue weighted by Gasteiger charge is -2.13. The molecule has 5 nitrogen and oxygen atoms in total. The lowest BCUT2D eigenvalue weighted by atomic mass is 9.97. The molecule has 3 heterocycles. The molecule has 0 aliphatic heterocycles. The van der Waals surface area contributed by atoms with Gasteiger partial charge in [0.1, 0.15) is 11.2 Å². The van der Waals surface area contributed by atoms with E-state index < -0.39 is 78.2 Å². The molecule has 0 unspecified atom stereocenters. The van der Waals surface area contributed by atoms with Crippen LogP contribution in [-0.4, -0.2) is 19.5 Å². The fourth-order valence-electron chi connectivity index (χ4n) is 7.24. The van der Waals surface area contributed by atoms with Gasteiger partial charge in [-0.1, -0.05) is 151 Å². The second kappa shape index (κ2) is 13.0. The van der Waals surface area contributed by atoms with Gasteiger partial charge in [0.05, 0.1) is 27.5 Å². The number of furan rings is 1. The molecule has 0 atom stereocenters. The van der Waals surface area contributed by atoms with Crippen LogP contribution in [0, 0.1) is 0 Å². The molecule has 3 aromatic heterocycles. The zero-order valence-electron chi connectivity index (χ0n) is 41.2. The Bertz CT molecular complexity index is 3920. The SMILES string of the molecule is [2H]c1c([2H])c([2H])c(-n2c3c([2H])c([2H])c([2H])c([2H])c3c3c([2H])c([2H])c([2H])c(-c4cccc(-c5ccc(-c6nc(-c7ccccc7)nc(-c7ccc8c(c7)oc7ccccc78)n6)cc5)c4)c32)c([2H])c1[2H]. The molecule has 0 spiro atoms. The van der Waals surface area contributed by atoms with Crippen LogP contribution in [0.4, 0.5) is 0 Å². The highest BCUT2D eigenvalue weighted by molar-refractivity contribution is 6.14. The van der Waals surface area contributed by atoms with Crippen LogP contribution in [0.25, 0.3) is 106 Å². The predicted molar refractivity (Wildman–Crippen MR) is 229 cm³/mol. The summed E-state index contributed by atoms with van der Waals surface area (Å²) in [4.78, 5) is 14.7. The number of fused-ring (bicyclic) bond motifs is 6. The molecule has 11 rings (SSSR count). The molecule has 56 heavy (non-hydrogen) atoms. The van der Waals surface area contributed by atoms with Gasteiger partial charge in [-0.05, 0) is 59.1 Å². The van der Waals surface area contributed by atoms with Crippen molar-refractivity contribution in [1.82, 2.24) is 19.5 Å². The van der Waals surface area contributed by atoms with E-state index in [0.29, 0.717) is 39.7 Å². The van der Waals surface area contributed by atoms with Crippen molar-refractivity contribution in [2.45, 2.75) is 0 Å². The maximum Gasteiger partial charge on any atom is 0.164 e. The predicted octanol–water partition coefficient (Wildman–Crippen LogP) is 13.2. The molecule has 11 aromatic rings. The van der Waals surface area contributed by atoms with E-state index in [1.807, 2.05) is 103 Å². The number of rotatable bonds is 6. The number of aromatic nitrogens is 4. The monoisotopic (exact) mass is 728 g/mol. The van der Waals surface area contributed by atoms with E-state index >= 15 is 0 Å². The Morgan fingerprint density at radius 1 is 0.411 bits per heavy atom. The highest BCUT2D eigenvalue weighted by Gasteiger charge is 2.18. The number of nitrogens with zero attached hydrogens (tertiary/aromatic N) is 4. The Labute approximate surface area is 339 Å². The molecule has 0 bridgehead atoms. The van der Waals surface area contributed by atoms with Gasteiger partial charge in [-0.15, -0.1) is 0 Å². The fourth-order valence-corrected chi connectivity index (χ4v) is 7.24. The Balaban J connectivity index is 1.07. The Morgan fingerprint density at radius 2 is 1.04 bits per heavy atom. The number of para-hydroxylation sites is 4. The van der Waals surface area contributed by atoms with Crippen molar-refractivity contribution in [2.75, 3.05) is 0 Å². The average molecular weight is 729 g/mol. The molecular weight excluding hydrogens is 685 g/mol. The molecule has 0 aliphatic rings. The van der Waals surface area contributed by atoms with Crippen LogP contribution in [0.1, 0.15) is 16.4 Å². The van der Waals surface area contributed by atoms with Crippen molar-refractivity contribution in [3.63, 3.8) is 0 Å². The second-order valence-electron chi connectivity index (χ2n) is 13.1. The third-order valence-electron chi connectivity index (χ3n) is 9.86. The summed E-state index contributed by atoms with van der Waals surface area (Å²) >= 11 is 0. The van der Waals surface area contributed by atoms with Crippen LogP contribution in [0.3, 0.4) is 0 Å². The minimum absolute atomic E-state index is 0.0198. The van der Waals surface area contributed by atoms with Gasteiger partial charge < -0.3 is 8.98 Å². The molecular formula is C51H32N4O. The summed E-state index contributed by atoms with van der Waals surface area (Å²) in [6.07, 6.45) is 0. The summed E-state index contributed by atoms with van der Waals surface area (Å²) in [5.74, 6) is 1.35. The highest BCUT2D eigenvalue weighted by Crippen LogP contribution is 2.39. The molecule has 5 heteroatoms. The first-order chi connectivity index (χ1) is 32.7. The standard InChI is InChI=1S/C51H32N4O/c1-3-13-34(14-4-1)49-52-50(54-51(53-49)38-29-30-43-42-20-8-10-24-46(42)56-47(43)32-38)35-27-25-33(26-28-35)36-15-11-16-37(31-36)40-21-12-22-44-41-19-7-9-23-45(41)55(48(40)44)39-17-5-2-6-18-39/h1-32H/i2D,5D,6D,7D,9D,12D,17D,18D,19D,21D,22D,23D. The van der Waals surface area contributed by atoms with E-state index in [4.69, 9.17) is 34.4 Å². The summed E-state index contributed by atoms with van der Waals surface area (Å²) in [5.41, 5.74) is 4.71. The van der Waals surface area contributed by atoms with Crippen LogP contribution < -0.4 is 0 Å². The molecule has 8 aromatic carbocycles. The molecule has 0 radical (unpaired) electrons. The quantitative estimate of drug-likeness (QED) is 0.171. The van der Waals surface area contributed by atoms with Gasteiger partial charge in [-0.3, -0.25) is 0 Å². The van der Waals surface area contributed by atoms with E-state index in [2.05, 4.69) is 0 Å². The van der Waals surface area contributed by atoms with Gasteiger partial charge in [0, 0.05) is 49.5 Å². The maximum absolute atomic E-state index is 9.32. The first kappa shape index (κ1) is 21.9. The third kappa shape index (κ3) is 5.37. The van der Waals surface area contributed by atoms with E-state index in [1.165, 1.54) is 0 Å². The van der Waals surface area contributed by atoms with Gasteiger partial charge in [-0.2, -0.15) is 0 Å². The lowest BCUT2D eigenvalue weighted by Crippen LogP contribution is -2.00. The number of benzene rings is 8. The molecule has 262 valence electrons. The van der Waals surface area contributed by atoms with Gasteiger partial charge >= 0.3 is 0 Å². The topological polar surface area (TPSA) is 56.7 Å². The van der Waals surface area contributed by atoms with Crippen LogP contribution in [-0.2, 0) is 0 Å². The summed E-state index contributed by atoms with van der Waals surface area (Å²) in [6.45, 7) is 0. The summed E-state index contributed by atoms with van der Waals surface area (Å²) in [6, 6.07) is 30.6. The zero-order valence-corrected chi connectivity index (χ0v) is 29.2. The smallest absolute Gasteiger partial charge is 0.164 e. The Hall–Kier alpha value is -7.63. The van der Waals surface area contributed by atoms with Gasteiger partial charge in [0.2, 0.25) is 0 Å². The Morgan fingerprint density at radius 3 is 1.88 bits per heavy atom. The normalized spacial score (nSPS) is 14.6. The number of hydrogen-bond donors (Lipinski definition) is 0. The van der Waals surface area contributed by atoms with Crippen LogP contribution in [0.5, 0.6) is 0 Å². The Kier molecular flexibility index (Phi) is 5.10. The van der Waals surface area contributed by atoms with Crippen molar-refractivity contribution in [1.29, 1.82) is 0 Å². The number of hydrogen-bond acceptors (Lipinski definition) is 4. The van der Waals surface area contributed by atoms with E-state index in [9.17, 15) is 1.37 Å². The minimum Gasteiger partial charge on any atom is -0.456 e. The molecule has 0 aliphatic carbocycles. The summed E-state index contributed by atoms with van der Waals surface area (Å²) in [7, 11) is 0. The van der Waals surface area contributed by atoms with E-state index in [0.717, 1.165) is 37.6 Å². The molecule has 0 saturated carbocycles. The first-order valence-corrected chi connectivity index (χ1v) is 17.8. The summed E-state index contributed by atoms with van der Waals surface area (Å²) in [5, 5.41) is 1.67. The van der Waals surface area contributed by atoms with Crippen LogP contribution >= 0.6 is 0 Å². The lowest BCUT2D eigenvalue weighted by molar-refractivity contribution is 0.669. The maximum atomic E-state index is 9.32. The van der Waals surface area contributed by atoms with Crippen molar-refractivity contribution < 1.29 is 20.9 Å². The molecule has 0 amide bonds. The van der Waals surface area contributed by atoms with Crippen molar-refractivity contribution in [3.05, 3.63) is 194 Å². The van der Waals surface area contributed by atoms with Crippen molar-refractivity contribution in [2.24, 2.45) is 0 Å².